The maximum atomic E-state index is 12.2. The molecule has 0 fully saturated rings. The van der Waals surface area contributed by atoms with Crippen LogP contribution in [0.15, 0.2) is 58.9 Å². The minimum Gasteiger partial charge on any atom is -0.481 e. The van der Waals surface area contributed by atoms with Crippen LogP contribution in [0.25, 0.3) is 0 Å². The lowest BCUT2D eigenvalue weighted by atomic mass is 10.2. The second-order valence-corrected chi connectivity index (χ2v) is 7.99. The molecule has 1 N–H and O–H groups in total. The largest absolute Gasteiger partial charge is 0.481 e. The highest BCUT2D eigenvalue weighted by Gasteiger charge is 2.17. The lowest BCUT2D eigenvalue weighted by molar-refractivity contribution is -0.122. The number of hydrogen-bond acceptors (Lipinski definition) is 6. The van der Waals surface area contributed by atoms with Crippen molar-refractivity contribution in [1.82, 2.24) is 10.2 Å². The Kier molecular flexibility index (Phi) is 6.49. The number of ether oxygens (including phenoxy) is 1. The second kappa shape index (κ2) is 9.02. The summed E-state index contributed by atoms with van der Waals surface area (Å²) < 4.78 is 6.40. The number of benzene rings is 2. The molecule has 1 aromatic heterocycles. The van der Waals surface area contributed by atoms with Gasteiger partial charge in [0.1, 0.15) is 5.75 Å². The summed E-state index contributed by atoms with van der Waals surface area (Å²) in [7, 11) is 0. The lowest BCUT2D eigenvalue weighted by Crippen LogP contribution is -2.30. The van der Waals surface area contributed by atoms with E-state index in [9.17, 15) is 4.79 Å². The molecule has 0 saturated carbocycles. The molecule has 26 heavy (non-hydrogen) atoms. The number of carbonyl (C=O) groups excluding carboxylic acids is 1. The first-order valence-corrected chi connectivity index (χ1v) is 10.0. The fourth-order valence-electron chi connectivity index (χ4n) is 2.02. The van der Waals surface area contributed by atoms with Crippen molar-refractivity contribution < 1.29 is 9.53 Å². The van der Waals surface area contributed by atoms with Crippen molar-refractivity contribution in [2.75, 3.05) is 5.32 Å². The molecule has 0 spiro atoms. The number of hydrogen-bond donors (Lipinski definition) is 1. The van der Waals surface area contributed by atoms with E-state index < -0.39 is 6.10 Å². The van der Waals surface area contributed by atoms with Crippen LogP contribution in [-0.4, -0.2) is 22.2 Å². The number of thioether (sulfide) groups is 1. The minimum absolute atomic E-state index is 0.282. The summed E-state index contributed by atoms with van der Waals surface area (Å²) in [5.74, 6) is 1.10. The van der Waals surface area contributed by atoms with Gasteiger partial charge >= 0.3 is 0 Å². The Labute approximate surface area is 164 Å². The Morgan fingerprint density at radius 1 is 1.19 bits per heavy atom. The molecule has 0 aliphatic heterocycles. The highest BCUT2D eigenvalue weighted by Crippen LogP contribution is 2.28. The first kappa shape index (κ1) is 18.7. The van der Waals surface area contributed by atoms with Gasteiger partial charge in [0.25, 0.3) is 5.91 Å². The molecule has 3 aromatic rings. The molecule has 2 aromatic carbocycles. The molecule has 1 heterocycles. The van der Waals surface area contributed by atoms with Crippen molar-refractivity contribution in [1.29, 1.82) is 0 Å². The Morgan fingerprint density at radius 2 is 1.92 bits per heavy atom. The molecule has 0 aliphatic carbocycles. The zero-order valence-electron chi connectivity index (χ0n) is 13.9. The van der Waals surface area contributed by atoms with Crippen LogP contribution >= 0.6 is 34.7 Å². The fraction of sp³-hybridized carbons (Fsp3) is 0.167. The molecule has 0 aliphatic rings. The van der Waals surface area contributed by atoms with Gasteiger partial charge in [0.05, 0.1) is 0 Å². The summed E-state index contributed by atoms with van der Waals surface area (Å²) in [6.45, 7) is 1.68. The maximum Gasteiger partial charge on any atom is 0.266 e. The molecule has 1 amide bonds. The monoisotopic (exact) mass is 405 g/mol. The first-order chi connectivity index (χ1) is 12.6. The number of rotatable bonds is 7. The van der Waals surface area contributed by atoms with Crippen LogP contribution in [0.2, 0.25) is 5.02 Å². The van der Waals surface area contributed by atoms with E-state index in [-0.39, 0.29) is 5.91 Å². The van der Waals surface area contributed by atoms with Crippen molar-refractivity contribution in [3.05, 3.63) is 65.2 Å². The van der Waals surface area contributed by atoms with Gasteiger partial charge < -0.3 is 4.74 Å². The highest BCUT2D eigenvalue weighted by molar-refractivity contribution is 8.00. The quantitative estimate of drug-likeness (QED) is 0.448. The molecule has 1 atom stereocenters. The number of halogens is 1. The summed E-state index contributed by atoms with van der Waals surface area (Å²) in [5, 5.41) is 11.9. The summed E-state index contributed by atoms with van der Waals surface area (Å²) in [5.41, 5.74) is 1.21. The zero-order valence-corrected chi connectivity index (χ0v) is 16.3. The Balaban J connectivity index is 1.51. The molecule has 8 heteroatoms. The molecule has 134 valence electrons. The van der Waals surface area contributed by atoms with Crippen LogP contribution in [0.3, 0.4) is 0 Å². The van der Waals surface area contributed by atoms with Gasteiger partial charge in [0.2, 0.25) is 5.13 Å². The Bertz CT molecular complexity index is 856. The van der Waals surface area contributed by atoms with E-state index in [1.807, 2.05) is 18.2 Å². The third-order valence-electron chi connectivity index (χ3n) is 3.34. The molecule has 3 rings (SSSR count). The van der Waals surface area contributed by atoms with E-state index in [4.69, 9.17) is 16.3 Å². The van der Waals surface area contributed by atoms with Crippen LogP contribution in [0.5, 0.6) is 5.75 Å². The summed E-state index contributed by atoms with van der Waals surface area (Å²) in [6.07, 6.45) is -0.666. The van der Waals surface area contributed by atoms with Gasteiger partial charge in [-0.2, -0.15) is 0 Å². The van der Waals surface area contributed by atoms with Gasteiger partial charge in [-0.25, -0.2) is 0 Å². The lowest BCUT2D eigenvalue weighted by Gasteiger charge is -2.13. The number of nitrogens with one attached hydrogen (secondary N) is 1. The molecule has 0 saturated heterocycles. The van der Waals surface area contributed by atoms with Gasteiger partial charge in [0, 0.05) is 10.8 Å². The maximum absolute atomic E-state index is 12.2. The van der Waals surface area contributed by atoms with Gasteiger partial charge in [-0.15, -0.1) is 10.2 Å². The SMILES string of the molecule is C[C@H](Oc1ccc(Cl)cc1)C(=O)Nc1nnc(SCc2ccccc2)s1. The van der Waals surface area contributed by atoms with E-state index in [1.54, 1.807) is 43.0 Å². The number of nitrogens with zero attached hydrogens (tertiary/aromatic N) is 2. The van der Waals surface area contributed by atoms with Crippen LogP contribution in [-0.2, 0) is 10.5 Å². The highest BCUT2D eigenvalue weighted by atomic mass is 35.5. The molecular weight excluding hydrogens is 390 g/mol. The van der Waals surface area contributed by atoms with Crippen LogP contribution in [0.1, 0.15) is 12.5 Å². The van der Waals surface area contributed by atoms with E-state index in [1.165, 1.54) is 16.9 Å². The number of aromatic nitrogens is 2. The zero-order chi connectivity index (χ0) is 18.4. The summed E-state index contributed by atoms with van der Waals surface area (Å²) in [4.78, 5) is 12.2. The summed E-state index contributed by atoms with van der Waals surface area (Å²) >= 11 is 8.76. The van der Waals surface area contributed by atoms with E-state index >= 15 is 0 Å². The van der Waals surface area contributed by atoms with Gasteiger partial charge in [-0.3, -0.25) is 10.1 Å². The van der Waals surface area contributed by atoms with Crippen molar-refractivity contribution in [3.8, 4) is 5.75 Å². The van der Waals surface area contributed by atoms with E-state index in [0.29, 0.717) is 15.9 Å². The van der Waals surface area contributed by atoms with Crippen molar-refractivity contribution >= 4 is 45.7 Å². The molecule has 5 nitrogen and oxygen atoms in total. The van der Waals surface area contributed by atoms with Crippen molar-refractivity contribution in [2.45, 2.75) is 23.1 Å². The third-order valence-corrected chi connectivity index (χ3v) is 5.63. The first-order valence-electron chi connectivity index (χ1n) is 7.83. The van der Waals surface area contributed by atoms with E-state index in [2.05, 4.69) is 27.6 Å². The number of carbonyl (C=O) groups is 1. The average Bonchev–Trinajstić information content (AvgIpc) is 3.10. The topological polar surface area (TPSA) is 64.1 Å². The predicted molar refractivity (Wildman–Crippen MR) is 106 cm³/mol. The Hall–Kier alpha value is -2.09. The average molecular weight is 406 g/mol. The minimum atomic E-state index is -0.666. The van der Waals surface area contributed by atoms with Gasteiger partial charge in [0.15, 0.2) is 10.4 Å². The molecular formula is C18H16ClN3O2S2. The molecule has 0 unspecified atom stereocenters. The third kappa shape index (κ3) is 5.45. The number of anilines is 1. The standard InChI is InChI=1S/C18H16ClN3O2S2/c1-12(24-15-9-7-14(19)8-10-15)16(23)20-17-21-22-18(26-17)25-11-13-5-3-2-4-6-13/h2-10,12H,11H2,1H3,(H,20,21,23)/t12-/m0/s1. The Morgan fingerprint density at radius 3 is 2.65 bits per heavy atom. The molecule has 0 bridgehead atoms. The van der Waals surface area contributed by atoms with Crippen molar-refractivity contribution in [2.24, 2.45) is 0 Å². The second-order valence-electron chi connectivity index (χ2n) is 5.35. The normalized spacial score (nSPS) is 11.8. The van der Waals surface area contributed by atoms with E-state index in [0.717, 1.165) is 10.1 Å². The van der Waals surface area contributed by atoms with Gasteiger partial charge in [-0.05, 0) is 36.8 Å². The molecule has 0 radical (unpaired) electrons. The van der Waals surface area contributed by atoms with Crippen LogP contribution in [0.4, 0.5) is 5.13 Å². The smallest absolute Gasteiger partial charge is 0.266 e. The number of amides is 1. The predicted octanol–water partition coefficient (Wildman–Crippen LogP) is 4.89. The van der Waals surface area contributed by atoms with Crippen LogP contribution < -0.4 is 10.1 Å². The van der Waals surface area contributed by atoms with Crippen LogP contribution in [0, 0.1) is 0 Å². The summed E-state index contributed by atoms with van der Waals surface area (Å²) in [6, 6.07) is 17.0. The fourth-order valence-corrected chi connectivity index (χ4v) is 3.85. The van der Waals surface area contributed by atoms with Gasteiger partial charge in [-0.1, -0.05) is 65.0 Å². The van der Waals surface area contributed by atoms with Crippen molar-refractivity contribution in [3.63, 3.8) is 0 Å².